The van der Waals surface area contributed by atoms with E-state index in [1.807, 2.05) is 24.4 Å². The van der Waals surface area contributed by atoms with E-state index in [1.165, 1.54) is 0 Å². The van der Waals surface area contributed by atoms with Crippen LogP contribution in [0.3, 0.4) is 0 Å². The first kappa shape index (κ1) is 13.7. The molecule has 0 aliphatic rings. The SMILES string of the molecule is CCC(C)C(C)Nc1nccc2cc(OC)ccc12. The molecular formula is C16H22N2O. The van der Waals surface area contributed by atoms with Gasteiger partial charge in [0.15, 0.2) is 0 Å². The van der Waals surface area contributed by atoms with Crippen molar-refractivity contribution in [2.45, 2.75) is 33.2 Å². The van der Waals surface area contributed by atoms with E-state index in [0.29, 0.717) is 12.0 Å². The molecule has 0 amide bonds. The molecule has 0 fully saturated rings. The highest BCUT2D eigenvalue weighted by atomic mass is 16.5. The number of aromatic nitrogens is 1. The number of nitrogens with one attached hydrogen (secondary N) is 1. The lowest BCUT2D eigenvalue weighted by Gasteiger charge is -2.21. The van der Waals surface area contributed by atoms with E-state index in [1.54, 1.807) is 7.11 Å². The van der Waals surface area contributed by atoms with Crippen LogP contribution in [0.15, 0.2) is 30.5 Å². The minimum absolute atomic E-state index is 0.408. The summed E-state index contributed by atoms with van der Waals surface area (Å²) in [6.07, 6.45) is 3.00. The van der Waals surface area contributed by atoms with E-state index < -0.39 is 0 Å². The number of methoxy groups -OCH3 is 1. The topological polar surface area (TPSA) is 34.2 Å². The summed E-state index contributed by atoms with van der Waals surface area (Å²) in [4.78, 5) is 4.47. The summed E-state index contributed by atoms with van der Waals surface area (Å²) in [6.45, 7) is 6.67. The van der Waals surface area contributed by atoms with Crippen LogP contribution < -0.4 is 10.1 Å². The van der Waals surface area contributed by atoms with E-state index >= 15 is 0 Å². The number of nitrogens with zero attached hydrogens (tertiary/aromatic N) is 1. The predicted molar refractivity (Wildman–Crippen MR) is 80.8 cm³/mol. The molecule has 2 aromatic rings. The molecule has 3 heteroatoms. The summed E-state index contributed by atoms with van der Waals surface area (Å²) >= 11 is 0. The van der Waals surface area contributed by atoms with Crippen molar-refractivity contribution < 1.29 is 4.74 Å². The molecule has 2 unspecified atom stereocenters. The minimum Gasteiger partial charge on any atom is -0.497 e. The van der Waals surface area contributed by atoms with Crippen LogP contribution >= 0.6 is 0 Å². The van der Waals surface area contributed by atoms with Gasteiger partial charge in [-0.05, 0) is 42.5 Å². The van der Waals surface area contributed by atoms with Gasteiger partial charge in [-0.1, -0.05) is 20.3 Å². The number of ether oxygens (including phenoxy) is 1. The molecule has 2 rings (SSSR count). The van der Waals surface area contributed by atoms with E-state index in [2.05, 4.69) is 37.1 Å². The molecule has 0 aliphatic carbocycles. The Hall–Kier alpha value is -1.77. The number of benzene rings is 1. The van der Waals surface area contributed by atoms with Crippen molar-refractivity contribution in [2.75, 3.05) is 12.4 Å². The predicted octanol–water partition coefficient (Wildman–Crippen LogP) is 4.09. The number of rotatable bonds is 5. The maximum atomic E-state index is 5.26. The summed E-state index contributed by atoms with van der Waals surface area (Å²) in [5.41, 5.74) is 0. The van der Waals surface area contributed by atoms with Gasteiger partial charge < -0.3 is 10.1 Å². The second kappa shape index (κ2) is 5.91. The standard InChI is InChI=1S/C16H22N2O/c1-5-11(2)12(3)18-16-15-7-6-14(19-4)10-13(15)8-9-17-16/h6-12H,5H2,1-4H3,(H,17,18). The normalized spacial score (nSPS) is 14.1. The van der Waals surface area contributed by atoms with Crippen LogP contribution in [0, 0.1) is 5.92 Å². The Kier molecular flexibility index (Phi) is 4.25. The quantitative estimate of drug-likeness (QED) is 0.877. The van der Waals surface area contributed by atoms with Crippen LogP contribution in [0.5, 0.6) is 5.75 Å². The van der Waals surface area contributed by atoms with E-state index in [0.717, 1.165) is 28.8 Å². The zero-order valence-corrected chi connectivity index (χ0v) is 12.1. The Bertz CT molecular complexity index is 553. The molecule has 0 saturated carbocycles. The Morgan fingerprint density at radius 1 is 1.26 bits per heavy atom. The van der Waals surface area contributed by atoms with Gasteiger partial charge in [0, 0.05) is 17.6 Å². The summed E-state index contributed by atoms with van der Waals surface area (Å²) in [7, 11) is 1.69. The molecule has 0 aliphatic heterocycles. The van der Waals surface area contributed by atoms with Crippen LogP contribution in [0.1, 0.15) is 27.2 Å². The highest BCUT2D eigenvalue weighted by Gasteiger charge is 2.12. The molecule has 19 heavy (non-hydrogen) atoms. The third-order valence-corrected chi connectivity index (χ3v) is 3.83. The molecule has 1 N–H and O–H groups in total. The van der Waals surface area contributed by atoms with Gasteiger partial charge in [-0.2, -0.15) is 0 Å². The highest BCUT2D eigenvalue weighted by molar-refractivity contribution is 5.92. The summed E-state index contributed by atoms with van der Waals surface area (Å²) in [6, 6.07) is 8.49. The van der Waals surface area contributed by atoms with Gasteiger partial charge in [-0.25, -0.2) is 4.98 Å². The molecule has 1 aromatic heterocycles. The fourth-order valence-corrected chi connectivity index (χ4v) is 2.11. The lowest BCUT2D eigenvalue weighted by molar-refractivity contribution is 0.415. The molecule has 3 nitrogen and oxygen atoms in total. The van der Waals surface area contributed by atoms with Crippen LogP contribution in [0.25, 0.3) is 10.8 Å². The Balaban J connectivity index is 2.33. The van der Waals surface area contributed by atoms with Crippen molar-refractivity contribution in [1.82, 2.24) is 4.98 Å². The van der Waals surface area contributed by atoms with Gasteiger partial charge >= 0.3 is 0 Å². The first-order valence-corrected chi connectivity index (χ1v) is 6.85. The second-order valence-electron chi connectivity index (χ2n) is 5.07. The zero-order chi connectivity index (χ0) is 13.8. The maximum absolute atomic E-state index is 5.26. The summed E-state index contributed by atoms with van der Waals surface area (Å²) < 4.78 is 5.26. The molecule has 102 valence electrons. The number of fused-ring (bicyclic) bond motifs is 1. The summed E-state index contributed by atoms with van der Waals surface area (Å²) in [5, 5.41) is 5.81. The molecule has 1 heterocycles. The zero-order valence-electron chi connectivity index (χ0n) is 12.1. The number of anilines is 1. The Morgan fingerprint density at radius 2 is 2.05 bits per heavy atom. The van der Waals surface area contributed by atoms with Crippen LogP contribution in [-0.2, 0) is 0 Å². The average Bonchev–Trinajstić information content (AvgIpc) is 2.45. The average molecular weight is 258 g/mol. The van der Waals surface area contributed by atoms with E-state index in [9.17, 15) is 0 Å². The second-order valence-corrected chi connectivity index (χ2v) is 5.07. The number of hydrogen-bond donors (Lipinski definition) is 1. The molecule has 0 spiro atoms. The molecule has 0 saturated heterocycles. The smallest absolute Gasteiger partial charge is 0.134 e. The van der Waals surface area contributed by atoms with Gasteiger partial charge in [0.1, 0.15) is 11.6 Å². The monoisotopic (exact) mass is 258 g/mol. The lowest BCUT2D eigenvalue weighted by atomic mass is 10.0. The van der Waals surface area contributed by atoms with Gasteiger partial charge in [-0.15, -0.1) is 0 Å². The van der Waals surface area contributed by atoms with Gasteiger partial charge in [0.25, 0.3) is 0 Å². The maximum Gasteiger partial charge on any atom is 0.134 e. The third kappa shape index (κ3) is 2.98. The van der Waals surface area contributed by atoms with Crippen molar-refractivity contribution in [1.29, 1.82) is 0 Å². The minimum atomic E-state index is 0.408. The van der Waals surface area contributed by atoms with Crippen molar-refractivity contribution in [3.8, 4) is 5.75 Å². The van der Waals surface area contributed by atoms with Crippen molar-refractivity contribution >= 4 is 16.6 Å². The van der Waals surface area contributed by atoms with E-state index in [-0.39, 0.29) is 0 Å². The fraction of sp³-hybridized carbons (Fsp3) is 0.438. The molecule has 2 atom stereocenters. The van der Waals surface area contributed by atoms with Gasteiger partial charge in [0.05, 0.1) is 7.11 Å². The van der Waals surface area contributed by atoms with Crippen molar-refractivity contribution in [3.05, 3.63) is 30.5 Å². The van der Waals surface area contributed by atoms with Crippen molar-refractivity contribution in [3.63, 3.8) is 0 Å². The molecule has 0 radical (unpaired) electrons. The first-order chi connectivity index (χ1) is 9.15. The number of hydrogen-bond acceptors (Lipinski definition) is 3. The Morgan fingerprint density at radius 3 is 2.74 bits per heavy atom. The summed E-state index contributed by atoms with van der Waals surface area (Å²) in [5.74, 6) is 2.45. The fourth-order valence-electron chi connectivity index (χ4n) is 2.11. The largest absolute Gasteiger partial charge is 0.497 e. The molecule has 1 aromatic carbocycles. The van der Waals surface area contributed by atoms with Gasteiger partial charge in [0.2, 0.25) is 0 Å². The Labute approximate surface area is 115 Å². The highest BCUT2D eigenvalue weighted by Crippen LogP contribution is 2.26. The third-order valence-electron chi connectivity index (χ3n) is 3.83. The molecular weight excluding hydrogens is 236 g/mol. The van der Waals surface area contributed by atoms with Crippen LogP contribution in [-0.4, -0.2) is 18.1 Å². The number of pyridine rings is 1. The molecule has 0 bridgehead atoms. The van der Waals surface area contributed by atoms with E-state index in [4.69, 9.17) is 4.74 Å². The van der Waals surface area contributed by atoms with Crippen LogP contribution in [0.4, 0.5) is 5.82 Å². The first-order valence-electron chi connectivity index (χ1n) is 6.85. The van der Waals surface area contributed by atoms with Gasteiger partial charge in [-0.3, -0.25) is 0 Å². The van der Waals surface area contributed by atoms with Crippen molar-refractivity contribution in [2.24, 2.45) is 5.92 Å². The lowest BCUT2D eigenvalue weighted by Crippen LogP contribution is -2.23. The van der Waals surface area contributed by atoms with Crippen LogP contribution in [0.2, 0.25) is 0 Å².